The largest absolute Gasteiger partial charge is 0.326 e. The number of ketones is 1. The Morgan fingerprint density at radius 3 is 2.32 bits per heavy atom. The van der Waals surface area contributed by atoms with Crippen LogP contribution in [0.1, 0.15) is 41.3 Å². The van der Waals surface area contributed by atoms with E-state index in [2.05, 4.69) is 17.1 Å². The minimum atomic E-state index is -0.138. The normalized spacial score (nSPS) is 10.7. The molecular formula is C21H26N2O2. The van der Waals surface area contributed by atoms with Gasteiger partial charge >= 0.3 is 0 Å². The van der Waals surface area contributed by atoms with Gasteiger partial charge in [0.2, 0.25) is 5.91 Å². The van der Waals surface area contributed by atoms with E-state index in [4.69, 9.17) is 0 Å². The molecule has 0 bridgehead atoms. The summed E-state index contributed by atoms with van der Waals surface area (Å²) in [5.41, 5.74) is 3.77. The molecule has 0 aliphatic carbocycles. The van der Waals surface area contributed by atoms with Gasteiger partial charge < -0.3 is 10.2 Å². The van der Waals surface area contributed by atoms with Crippen molar-refractivity contribution >= 4 is 17.4 Å². The van der Waals surface area contributed by atoms with E-state index in [0.29, 0.717) is 5.56 Å². The molecule has 1 N–H and O–H groups in total. The van der Waals surface area contributed by atoms with E-state index in [0.717, 1.165) is 24.2 Å². The minimum absolute atomic E-state index is 0.000776. The first-order chi connectivity index (χ1) is 12.0. The number of hydrogen-bond acceptors (Lipinski definition) is 3. The molecule has 25 heavy (non-hydrogen) atoms. The van der Waals surface area contributed by atoms with Gasteiger partial charge in [-0.3, -0.25) is 9.59 Å². The van der Waals surface area contributed by atoms with Crippen molar-refractivity contribution in [3.05, 3.63) is 65.2 Å². The molecule has 132 valence electrons. The third-order valence-electron chi connectivity index (χ3n) is 3.97. The minimum Gasteiger partial charge on any atom is -0.326 e. The molecule has 0 aliphatic heterocycles. The molecule has 0 aliphatic rings. The second-order valence-corrected chi connectivity index (χ2v) is 6.46. The summed E-state index contributed by atoms with van der Waals surface area (Å²) >= 11 is 0. The zero-order valence-corrected chi connectivity index (χ0v) is 15.2. The summed E-state index contributed by atoms with van der Waals surface area (Å²) in [5, 5.41) is 2.87. The summed E-state index contributed by atoms with van der Waals surface area (Å²) in [6.07, 6.45) is 1.35. The monoisotopic (exact) mass is 338 g/mol. The van der Waals surface area contributed by atoms with E-state index >= 15 is 0 Å². The number of anilines is 1. The molecule has 0 fully saturated rings. The van der Waals surface area contributed by atoms with Gasteiger partial charge in [-0.25, -0.2) is 0 Å². The van der Waals surface area contributed by atoms with Gasteiger partial charge in [0.25, 0.3) is 0 Å². The summed E-state index contributed by atoms with van der Waals surface area (Å²) in [6.45, 7) is 2.89. The van der Waals surface area contributed by atoms with E-state index in [1.807, 2.05) is 62.6 Å². The number of amides is 1. The molecule has 0 atom stereocenters. The predicted octanol–water partition coefficient (Wildman–Crippen LogP) is 3.91. The Balaban J connectivity index is 1.86. The fourth-order valence-electron chi connectivity index (χ4n) is 2.63. The maximum atomic E-state index is 12.2. The summed E-state index contributed by atoms with van der Waals surface area (Å²) in [7, 11) is 4.01. The van der Waals surface area contributed by atoms with Crippen LogP contribution in [0.25, 0.3) is 0 Å². The molecule has 0 saturated heterocycles. The van der Waals surface area contributed by atoms with Crippen LogP contribution in [0, 0.1) is 0 Å². The number of nitrogens with one attached hydrogen (secondary N) is 1. The third-order valence-corrected chi connectivity index (χ3v) is 3.97. The topological polar surface area (TPSA) is 49.4 Å². The van der Waals surface area contributed by atoms with Gasteiger partial charge in [0.1, 0.15) is 0 Å². The molecule has 2 aromatic carbocycles. The first-order valence-corrected chi connectivity index (χ1v) is 8.63. The lowest BCUT2D eigenvalue weighted by Crippen LogP contribution is -2.14. The molecule has 2 rings (SSSR count). The quantitative estimate of drug-likeness (QED) is 0.742. The molecule has 0 unspecified atom stereocenters. The van der Waals surface area contributed by atoms with Crippen LogP contribution in [-0.4, -0.2) is 30.7 Å². The number of nitrogens with zero attached hydrogens (tertiary/aromatic N) is 1. The predicted molar refractivity (Wildman–Crippen MR) is 102 cm³/mol. The van der Waals surface area contributed by atoms with Gasteiger partial charge in [0.05, 0.1) is 0 Å². The highest BCUT2D eigenvalue weighted by atomic mass is 16.2. The number of aryl methyl sites for hydroxylation is 1. The molecule has 2 aromatic rings. The average molecular weight is 338 g/mol. The average Bonchev–Trinajstić information content (AvgIpc) is 2.59. The summed E-state index contributed by atoms with van der Waals surface area (Å²) in [6, 6.07) is 15.4. The van der Waals surface area contributed by atoms with Crippen molar-refractivity contribution in [2.75, 3.05) is 19.4 Å². The molecule has 0 heterocycles. The second-order valence-electron chi connectivity index (χ2n) is 6.46. The van der Waals surface area contributed by atoms with E-state index in [1.165, 1.54) is 5.56 Å². The zero-order chi connectivity index (χ0) is 18.2. The Morgan fingerprint density at radius 1 is 0.960 bits per heavy atom. The highest BCUT2D eigenvalue weighted by molar-refractivity contribution is 6.00. The van der Waals surface area contributed by atoms with Crippen LogP contribution in [-0.2, 0) is 17.8 Å². The molecule has 0 saturated carbocycles. The van der Waals surface area contributed by atoms with Crippen LogP contribution >= 0.6 is 0 Å². The van der Waals surface area contributed by atoms with Crippen LogP contribution in [0.5, 0.6) is 0 Å². The number of benzene rings is 2. The highest BCUT2D eigenvalue weighted by Gasteiger charge is 2.10. The Bertz CT molecular complexity index is 721. The third kappa shape index (κ3) is 6.16. The van der Waals surface area contributed by atoms with Crippen LogP contribution in [0.4, 0.5) is 5.69 Å². The Labute approximate surface area is 149 Å². The Kier molecular flexibility index (Phi) is 6.90. The Hall–Kier alpha value is -2.46. The number of carbonyl (C=O) groups excluding carboxylic acids is 2. The van der Waals surface area contributed by atoms with Crippen LogP contribution < -0.4 is 5.32 Å². The summed E-state index contributed by atoms with van der Waals surface area (Å²) in [4.78, 5) is 26.4. The van der Waals surface area contributed by atoms with Gasteiger partial charge in [0, 0.05) is 30.6 Å². The zero-order valence-electron chi connectivity index (χ0n) is 15.2. The van der Waals surface area contributed by atoms with Crippen LogP contribution in [0.15, 0.2) is 48.5 Å². The van der Waals surface area contributed by atoms with Gasteiger partial charge in [-0.15, -0.1) is 0 Å². The lowest BCUT2D eigenvalue weighted by molar-refractivity contribution is -0.116. The number of carbonyl (C=O) groups is 2. The van der Waals surface area contributed by atoms with Crippen molar-refractivity contribution in [2.24, 2.45) is 0 Å². The number of hydrogen-bond donors (Lipinski definition) is 1. The molecule has 0 radical (unpaired) electrons. The van der Waals surface area contributed by atoms with E-state index in [1.54, 1.807) is 0 Å². The lowest BCUT2D eigenvalue weighted by Gasteiger charge is -2.11. The SMILES string of the molecule is CCc1ccc(C(=O)CCC(=O)Nc2cccc(CN(C)C)c2)cc1. The fraction of sp³-hybridized carbons (Fsp3) is 0.333. The summed E-state index contributed by atoms with van der Waals surface area (Å²) in [5.74, 6) is -0.139. The van der Waals surface area contributed by atoms with E-state index in [-0.39, 0.29) is 24.5 Å². The number of rotatable bonds is 8. The number of Topliss-reactive ketones (excluding diaryl/α,β-unsaturated/α-hetero) is 1. The van der Waals surface area contributed by atoms with Gasteiger partial charge in [-0.05, 0) is 43.8 Å². The fourth-order valence-corrected chi connectivity index (χ4v) is 2.63. The molecule has 0 aromatic heterocycles. The standard InChI is InChI=1S/C21H26N2O2/c1-4-16-8-10-18(11-9-16)20(24)12-13-21(25)22-19-7-5-6-17(14-19)15-23(2)3/h5-11,14H,4,12-13,15H2,1-3H3,(H,22,25). The van der Waals surface area contributed by atoms with Gasteiger partial charge in [-0.1, -0.05) is 43.3 Å². The van der Waals surface area contributed by atoms with Crippen LogP contribution in [0.2, 0.25) is 0 Å². The first-order valence-electron chi connectivity index (χ1n) is 8.63. The highest BCUT2D eigenvalue weighted by Crippen LogP contribution is 2.13. The summed E-state index contributed by atoms with van der Waals surface area (Å²) < 4.78 is 0. The smallest absolute Gasteiger partial charge is 0.224 e. The lowest BCUT2D eigenvalue weighted by atomic mass is 10.0. The van der Waals surface area contributed by atoms with Gasteiger partial charge in [0.15, 0.2) is 5.78 Å². The Morgan fingerprint density at radius 2 is 1.68 bits per heavy atom. The van der Waals surface area contributed by atoms with Crippen LogP contribution in [0.3, 0.4) is 0 Å². The van der Waals surface area contributed by atoms with E-state index in [9.17, 15) is 9.59 Å². The van der Waals surface area contributed by atoms with Crippen molar-refractivity contribution in [1.82, 2.24) is 4.90 Å². The van der Waals surface area contributed by atoms with Gasteiger partial charge in [-0.2, -0.15) is 0 Å². The first kappa shape index (κ1) is 18.9. The van der Waals surface area contributed by atoms with Crippen molar-refractivity contribution < 1.29 is 9.59 Å². The molecule has 4 nitrogen and oxygen atoms in total. The maximum Gasteiger partial charge on any atom is 0.224 e. The maximum absolute atomic E-state index is 12.2. The van der Waals surface area contributed by atoms with Crippen molar-refractivity contribution in [3.8, 4) is 0 Å². The molecule has 4 heteroatoms. The molecular weight excluding hydrogens is 312 g/mol. The van der Waals surface area contributed by atoms with E-state index < -0.39 is 0 Å². The molecule has 0 spiro atoms. The van der Waals surface area contributed by atoms with Crippen molar-refractivity contribution in [2.45, 2.75) is 32.7 Å². The molecule has 1 amide bonds. The van der Waals surface area contributed by atoms with Crippen molar-refractivity contribution in [3.63, 3.8) is 0 Å². The second kappa shape index (κ2) is 9.14. The van der Waals surface area contributed by atoms with Crippen molar-refractivity contribution in [1.29, 1.82) is 0 Å².